The second-order valence-corrected chi connectivity index (χ2v) is 6.32. The molecule has 0 saturated carbocycles. The Morgan fingerprint density at radius 2 is 1.92 bits per heavy atom. The summed E-state index contributed by atoms with van der Waals surface area (Å²) in [5, 5.41) is 3.34. The Hall–Kier alpha value is -2.37. The molecule has 4 rings (SSSR count). The highest BCUT2D eigenvalue weighted by atomic mass is 16.5. The molecule has 0 unspecified atom stereocenters. The summed E-state index contributed by atoms with van der Waals surface area (Å²) in [7, 11) is 0. The monoisotopic (exact) mass is 322 g/mol. The van der Waals surface area contributed by atoms with E-state index in [2.05, 4.69) is 63.5 Å². The van der Waals surface area contributed by atoms with E-state index in [1.54, 1.807) is 0 Å². The van der Waals surface area contributed by atoms with Gasteiger partial charge in [0.2, 0.25) is 5.95 Å². The molecular weight excluding hydrogens is 300 g/mol. The van der Waals surface area contributed by atoms with Gasteiger partial charge >= 0.3 is 0 Å². The molecule has 1 aromatic heterocycles. The maximum atomic E-state index is 5.39. The van der Waals surface area contributed by atoms with Crippen molar-refractivity contribution in [3.8, 4) is 0 Å². The minimum atomic E-state index is 0.775. The summed E-state index contributed by atoms with van der Waals surface area (Å²) >= 11 is 0. The van der Waals surface area contributed by atoms with E-state index in [9.17, 15) is 0 Å². The standard InChI is InChI=1S/C19H22N4O/c1-14-2-7-17-18(12-14)22-19(21-17)20-16-5-3-15(4-6-16)13-23-8-10-24-11-9-23/h2-7,12H,8-11,13H2,1H3,(H2,20,21,22). The molecule has 124 valence electrons. The average Bonchev–Trinajstić information content (AvgIpc) is 2.99. The number of fused-ring (bicyclic) bond motifs is 1. The number of nitrogens with zero attached hydrogens (tertiary/aromatic N) is 2. The topological polar surface area (TPSA) is 53.2 Å². The number of hydrogen-bond acceptors (Lipinski definition) is 4. The fourth-order valence-electron chi connectivity index (χ4n) is 3.03. The lowest BCUT2D eigenvalue weighted by atomic mass is 10.2. The van der Waals surface area contributed by atoms with Crippen LogP contribution in [0.4, 0.5) is 11.6 Å². The highest BCUT2D eigenvalue weighted by Crippen LogP contribution is 2.20. The number of hydrogen-bond donors (Lipinski definition) is 2. The first-order chi connectivity index (χ1) is 11.8. The number of anilines is 2. The van der Waals surface area contributed by atoms with Gasteiger partial charge in [-0.15, -0.1) is 0 Å². The van der Waals surface area contributed by atoms with Crippen LogP contribution in [0, 0.1) is 6.92 Å². The largest absolute Gasteiger partial charge is 0.379 e. The highest BCUT2D eigenvalue weighted by molar-refractivity contribution is 5.79. The fourth-order valence-corrected chi connectivity index (χ4v) is 3.03. The van der Waals surface area contributed by atoms with Gasteiger partial charge in [-0.2, -0.15) is 0 Å². The van der Waals surface area contributed by atoms with Crippen molar-refractivity contribution in [1.82, 2.24) is 14.9 Å². The number of ether oxygens (including phenoxy) is 1. The molecule has 0 spiro atoms. The van der Waals surface area contributed by atoms with E-state index in [0.717, 1.165) is 55.5 Å². The third-order valence-corrected chi connectivity index (χ3v) is 4.36. The number of aromatic nitrogens is 2. The average molecular weight is 322 g/mol. The van der Waals surface area contributed by atoms with E-state index in [0.29, 0.717) is 0 Å². The first kappa shape index (κ1) is 15.2. The molecule has 2 aromatic carbocycles. The predicted octanol–water partition coefficient (Wildman–Crippen LogP) is 3.45. The van der Waals surface area contributed by atoms with Crippen LogP contribution in [0.2, 0.25) is 0 Å². The summed E-state index contributed by atoms with van der Waals surface area (Å²) in [4.78, 5) is 10.3. The van der Waals surface area contributed by atoms with Crippen molar-refractivity contribution >= 4 is 22.7 Å². The van der Waals surface area contributed by atoms with Gasteiger partial charge in [-0.25, -0.2) is 4.98 Å². The highest BCUT2D eigenvalue weighted by Gasteiger charge is 2.10. The van der Waals surface area contributed by atoms with E-state index < -0.39 is 0 Å². The number of morpholine rings is 1. The van der Waals surface area contributed by atoms with Gasteiger partial charge < -0.3 is 15.0 Å². The molecule has 5 heteroatoms. The van der Waals surface area contributed by atoms with Gasteiger partial charge in [-0.1, -0.05) is 18.2 Å². The fraction of sp³-hybridized carbons (Fsp3) is 0.316. The van der Waals surface area contributed by atoms with Crippen molar-refractivity contribution in [3.05, 3.63) is 53.6 Å². The van der Waals surface area contributed by atoms with Crippen molar-refractivity contribution < 1.29 is 4.74 Å². The zero-order valence-electron chi connectivity index (χ0n) is 13.9. The van der Waals surface area contributed by atoms with Gasteiger partial charge in [0, 0.05) is 25.3 Å². The lowest BCUT2D eigenvalue weighted by molar-refractivity contribution is 0.0342. The summed E-state index contributed by atoms with van der Waals surface area (Å²) in [6.07, 6.45) is 0. The predicted molar refractivity (Wildman–Crippen MR) is 96.7 cm³/mol. The molecule has 2 N–H and O–H groups in total. The van der Waals surface area contributed by atoms with Crippen LogP contribution >= 0.6 is 0 Å². The SMILES string of the molecule is Cc1ccc2nc(Nc3ccc(CN4CCOCC4)cc3)[nH]c2c1. The van der Waals surface area contributed by atoms with Crippen molar-refractivity contribution in [3.63, 3.8) is 0 Å². The molecule has 1 aliphatic rings. The van der Waals surface area contributed by atoms with Gasteiger partial charge in [-0.05, 0) is 42.3 Å². The van der Waals surface area contributed by atoms with Crippen LogP contribution in [0.25, 0.3) is 11.0 Å². The number of nitrogens with one attached hydrogen (secondary N) is 2. The molecular formula is C19H22N4O. The first-order valence-electron chi connectivity index (χ1n) is 8.39. The summed E-state index contributed by atoms with van der Waals surface area (Å²) in [5.74, 6) is 0.775. The minimum absolute atomic E-state index is 0.775. The molecule has 0 bridgehead atoms. The Bertz CT molecular complexity index is 819. The molecule has 0 atom stereocenters. The molecule has 0 aliphatic carbocycles. The summed E-state index contributed by atoms with van der Waals surface area (Å²) < 4.78 is 5.39. The van der Waals surface area contributed by atoms with Crippen LogP contribution in [0.5, 0.6) is 0 Å². The maximum absolute atomic E-state index is 5.39. The molecule has 24 heavy (non-hydrogen) atoms. The lowest BCUT2D eigenvalue weighted by Crippen LogP contribution is -2.35. The number of aryl methyl sites for hydroxylation is 1. The van der Waals surface area contributed by atoms with Crippen molar-refractivity contribution in [1.29, 1.82) is 0 Å². The van der Waals surface area contributed by atoms with Crippen LogP contribution in [0.15, 0.2) is 42.5 Å². The minimum Gasteiger partial charge on any atom is -0.379 e. The second-order valence-electron chi connectivity index (χ2n) is 6.32. The molecule has 0 radical (unpaired) electrons. The zero-order valence-corrected chi connectivity index (χ0v) is 13.9. The number of imidazole rings is 1. The van der Waals surface area contributed by atoms with Crippen LogP contribution in [-0.4, -0.2) is 41.2 Å². The van der Waals surface area contributed by atoms with Crippen molar-refractivity contribution in [2.45, 2.75) is 13.5 Å². The maximum Gasteiger partial charge on any atom is 0.205 e. The van der Waals surface area contributed by atoms with Gasteiger partial charge in [0.25, 0.3) is 0 Å². The Morgan fingerprint density at radius 1 is 1.12 bits per heavy atom. The van der Waals surface area contributed by atoms with Crippen molar-refractivity contribution in [2.75, 3.05) is 31.6 Å². The van der Waals surface area contributed by atoms with Gasteiger partial charge in [-0.3, -0.25) is 4.90 Å². The van der Waals surface area contributed by atoms with Crippen molar-refractivity contribution in [2.24, 2.45) is 0 Å². The molecule has 2 heterocycles. The normalized spacial score (nSPS) is 15.7. The lowest BCUT2D eigenvalue weighted by Gasteiger charge is -2.26. The summed E-state index contributed by atoms with van der Waals surface area (Å²) in [6, 6.07) is 14.8. The van der Waals surface area contributed by atoms with E-state index in [-0.39, 0.29) is 0 Å². The molecule has 1 saturated heterocycles. The van der Waals surface area contributed by atoms with Crippen LogP contribution in [0.3, 0.4) is 0 Å². The smallest absolute Gasteiger partial charge is 0.205 e. The number of aromatic amines is 1. The summed E-state index contributed by atoms with van der Waals surface area (Å²) in [6.45, 7) is 6.77. The Morgan fingerprint density at radius 3 is 2.71 bits per heavy atom. The number of benzene rings is 2. The first-order valence-corrected chi connectivity index (χ1v) is 8.39. The Balaban J connectivity index is 1.44. The Kier molecular flexibility index (Phi) is 4.19. The van der Waals surface area contributed by atoms with Gasteiger partial charge in [0.05, 0.1) is 24.2 Å². The second kappa shape index (κ2) is 6.63. The van der Waals surface area contributed by atoms with Crippen LogP contribution in [-0.2, 0) is 11.3 Å². The quantitative estimate of drug-likeness (QED) is 0.772. The number of H-pyrrole nitrogens is 1. The molecule has 3 aromatic rings. The van der Waals surface area contributed by atoms with Crippen LogP contribution < -0.4 is 5.32 Å². The van der Waals surface area contributed by atoms with Gasteiger partial charge in [0.15, 0.2) is 0 Å². The van der Waals surface area contributed by atoms with Gasteiger partial charge in [0.1, 0.15) is 0 Å². The van der Waals surface area contributed by atoms with E-state index >= 15 is 0 Å². The molecule has 0 amide bonds. The van der Waals surface area contributed by atoms with E-state index in [1.165, 1.54) is 11.1 Å². The third kappa shape index (κ3) is 3.42. The zero-order chi connectivity index (χ0) is 16.4. The van der Waals surface area contributed by atoms with E-state index in [4.69, 9.17) is 4.74 Å². The Labute approximate surface area is 141 Å². The van der Waals surface area contributed by atoms with Crippen LogP contribution in [0.1, 0.15) is 11.1 Å². The molecule has 1 aliphatic heterocycles. The van der Waals surface area contributed by atoms with E-state index in [1.807, 2.05) is 6.07 Å². The molecule has 1 fully saturated rings. The molecule has 5 nitrogen and oxygen atoms in total. The number of rotatable bonds is 4. The third-order valence-electron chi connectivity index (χ3n) is 4.36. The summed E-state index contributed by atoms with van der Waals surface area (Å²) in [5.41, 5.74) is 5.62.